The topological polar surface area (TPSA) is 52.6 Å². The van der Waals surface area contributed by atoms with Crippen molar-refractivity contribution in [2.75, 3.05) is 6.61 Å². The van der Waals surface area contributed by atoms with Crippen molar-refractivity contribution >= 4 is 23.5 Å². The fraction of sp³-hybridized carbons (Fsp3) is 0.167. The second-order valence-electron chi connectivity index (χ2n) is 2.94. The van der Waals surface area contributed by atoms with E-state index >= 15 is 0 Å². The van der Waals surface area contributed by atoms with E-state index in [-0.39, 0.29) is 12.4 Å². The van der Waals surface area contributed by atoms with E-state index in [0.29, 0.717) is 5.02 Å². The summed E-state index contributed by atoms with van der Waals surface area (Å²) < 4.78 is 9.51. The molecular formula is C12H11ClO4. The van der Waals surface area contributed by atoms with E-state index in [1.54, 1.807) is 31.2 Å². The quantitative estimate of drug-likeness (QED) is 0.470. The summed E-state index contributed by atoms with van der Waals surface area (Å²) in [7, 11) is 0. The van der Waals surface area contributed by atoms with E-state index in [9.17, 15) is 9.59 Å². The molecule has 0 amide bonds. The Bertz CT molecular complexity index is 440. The van der Waals surface area contributed by atoms with Crippen molar-refractivity contribution in [1.29, 1.82) is 0 Å². The van der Waals surface area contributed by atoms with Gasteiger partial charge in [0, 0.05) is 12.2 Å². The minimum atomic E-state index is -0.689. The Balaban J connectivity index is 2.56. The highest BCUT2D eigenvalue weighted by atomic mass is 35.5. The molecule has 5 heteroatoms. The van der Waals surface area contributed by atoms with Gasteiger partial charge in [0.05, 0.1) is 11.6 Å². The molecule has 0 aliphatic heterocycles. The highest BCUT2D eigenvalue weighted by molar-refractivity contribution is 6.32. The van der Waals surface area contributed by atoms with Crippen LogP contribution in [-0.4, -0.2) is 18.5 Å². The van der Waals surface area contributed by atoms with Gasteiger partial charge in [0.25, 0.3) is 0 Å². The number of hydrogen-bond donors (Lipinski definition) is 0. The van der Waals surface area contributed by atoms with Crippen LogP contribution >= 0.6 is 11.6 Å². The van der Waals surface area contributed by atoms with Crippen LogP contribution in [0.15, 0.2) is 36.4 Å². The number of ether oxygens (including phenoxy) is 2. The molecule has 0 N–H and O–H groups in total. The number of rotatable bonds is 4. The average Bonchev–Trinajstić information content (AvgIpc) is 2.30. The van der Waals surface area contributed by atoms with Crippen LogP contribution in [0.5, 0.6) is 5.75 Å². The van der Waals surface area contributed by atoms with E-state index in [2.05, 4.69) is 4.74 Å². The summed E-state index contributed by atoms with van der Waals surface area (Å²) in [5.74, 6) is -1.04. The molecule has 0 atom stereocenters. The summed E-state index contributed by atoms with van der Waals surface area (Å²) in [5.41, 5.74) is 0. The first-order chi connectivity index (χ1) is 8.13. The standard InChI is InChI=1S/C12H11ClO4/c1-2-16-11(14)7-8-12(15)17-10-6-4-3-5-9(10)13/h3-8H,2H2,1H3/b8-7+. The van der Waals surface area contributed by atoms with E-state index < -0.39 is 11.9 Å². The number of benzene rings is 1. The molecule has 0 spiro atoms. The third-order valence-electron chi connectivity index (χ3n) is 1.69. The molecule has 90 valence electrons. The van der Waals surface area contributed by atoms with Crippen LogP contribution in [0.4, 0.5) is 0 Å². The van der Waals surface area contributed by atoms with Gasteiger partial charge in [0.15, 0.2) is 0 Å². The van der Waals surface area contributed by atoms with Crippen molar-refractivity contribution in [2.45, 2.75) is 6.92 Å². The molecule has 0 saturated heterocycles. The third-order valence-corrected chi connectivity index (χ3v) is 2.00. The molecule has 1 aromatic rings. The second kappa shape index (κ2) is 6.70. The van der Waals surface area contributed by atoms with Crippen molar-refractivity contribution in [3.05, 3.63) is 41.4 Å². The fourth-order valence-corrected chi connectivity index (χ4v) is 1.17. The van der Waals surface area contributed by atoms with Crippen LogP contribution in [0, 0.1) is 0 Å². The summed E-state index contributed by atoms with van der Waals surface area (Å²) in [6, 6.07) is 6.55. The Kier molecular flexibility index (Phi) is 5.23. The lowest BCUT2D eigenvalue weighted by Gasteiger charge is -2.02. The summed E-state index contributed by atoms with van der Waals surface area (Å²) in [4.78, 5) is 22.2. The van der Waals surface area contributed by atoms with Gasteiger partial charge in [-0.15, -0.1) is 0 Å². The Morgan fingerprint density at radius 2 is 1.88 bits per heavy atom. The van der Waals surface area contributed by atoms with Crippen molar-refractivity contribution in [3.8, 4) is 5.75 Å². The first kappa shape index (κ1) is 13.3. The molecular weight excluding hydrogens is 244 g/mol. The zero-order valence-corrected chi connectivity index (χ0v) is 9.94. The smallest absolute Gasteiger partial charge is 0.336 e. The number of carbonyl (C=O) groups is 2. The molecule has 0 unspecified atom stereocenters. The van der Waals surface area contributed by atoms with E-state index in [1.165, 1.54) is 0 Å². The van der Waals surface area contributed by atoms with Gasteiger partial charge in [0.2, 0.25) is 0 Å². The summed E-state index contributed by atoms with van der Waals surface area (Å²) in [5, 5.41) is 0.324. The molecule has 17 heavy (non-hydrogen) atoms. The van der Waals surface area contributed by atoms with E-state index in [1.807, 2.05) is 0 Å². The van der Waals surface area contributed by atoms with E-state index in [4.69, 9.17) is 16.3 Å². The predicted octanol–water partition coefficient (Wildman–Crippen LogP) is 2.36. The largest absolute Gasteiger partial charge is 0.463 e. The van der Waals surface area contributed by atoms with Gasteiger partial charge in [-0.2, -0.15) is 0 Å². The van der Waals surface area contributed by atoms with Gasteiger partial charge < -0.3 is 9.47 Å². The first-order valence-corrected chi connectivity index (χ1v) is 5.32. The Morgan fingerprint density at radius 1 is 1.24 bits per heavy atom. The number of halogens is 1. The van der Waals surface area contributed by atoms with Crippen LogP contribution < -0.4 is 4.74 Å². The van der Waals surface area contributed by atoms with Crippen LogP contribution in [0.3, 0.4) is 0 Å². The predicted molar refractivity (Wildman–Crippen MR) is 62.9 cm³/mol. The van der Waals surface area contributed by atoms with Crippen LogP contribution in [0.2, 0.25) is 5.02 Å². The average molecular weight is 255 g/mol. The van der Waals surface area contributed by atoms with Gasteiger partial charge >= 0.3 is 11.9 Å². The maximum atomic E-state index is 11.3. The molecule has 0 saturated carbocycles. The SMILES string of the molecule is CCOC(=O)/C=C/C(=O)Oc1ccccc1Cl. The van der Waals surface area contributed by atoms with Crippen LogP contribution in [0.1, 0.15) is 6.92 Å². The summed E-state index contributed by atoms with van der Waals surface area (Å²) in [6.45, 7) is 1.93. The Hall–Kier alpha value is -1.81. The minimum Gasteiger partial charge on any atom is -0.463 e. The molecule has 0 fully saturated rings. The molecule has 0 heterocycles. The zero-order chi connectivity index (χ0) is 12.7. The third kappa shape index (κ3) is 4.70. The summed E-state index contributed by atoms with van der Waals surface area (Å²) >= 11 is 5.79. The number of para-hydroxylation sites is 1. The monoisotopic (exact) mass is 254 g/mol. The normalized spacial score (nSPS) is 10.2. The number of carbonyl (C=O) groups excluding carboxylic acids is 2. The summed E-state index contributed by atoms with van der Waals surface area (Å²) in [6.07, 6.45) is 1.99. The Morgan fingerprint density at radius 3 is 2.53 bits per heavy atom. The van der Waals surface area contributed by atoms with Gasteiger partial charge in [-0.3, -0.25) is 0 Å². The van der Waals surface area contributed by atoms with Crippen LogP contribution in [-0.2, 0) is 14.3 Å². The lowest BCUT2D eigenvalue weighted by Crippen LogP contribution is -2.06. The van der Waals surface area contributed by atoms with Gasteiger partial charge in [-0.05, 0) is 19.1 Å². The lowest BCUT2D eigenvalue weighted by atomic mass is 10.3. The van der Waals surface area contributed by atoms with E-state index in [0.717, 1.165) is 12.2 Å². The number of esters is 2. The van der Waals surface area contributed by atoms with Gasteiger partial charge in [-0.25, -0.2) is 9.59 Å². The molecule has 1 aromatic carbocycles. The molecule has 0 bridgehead atoms. The maximum absolute atomic E-state index is 11.3. The second-order valence-corrected chi connectivity index (χ2v) is 3.34. The van der Waals surface area contributed by atoms with Crippen molar-refractivity contribution in [2.24, 2.45) is 0 Å². The molecule has 0 radical (unpaired) electrons. The minimum absolute atomic E-state index is 0.243. The number of hydrogen-bond acceptors (Lipinski definition) is 4. The zero-order valence-electron chi connectivity index (χ0n) is 9.18. The highest BCUT2D eigenvalue weighted by Crippen LogP contribution is 2.23. The van der Waals surface area contributed by atoms with Gasteiger partial charge in [0.1, 0.15) is 5.75 Å². The van der Waals surface area contributed by atoms with Crippen molar-refractivity contribution < 1.29 is 19.1 Å². The maximum Gasteiger partial charge on any atom is 0.336 e. The molecule has 0 aliphatic carbocycles. The van der Waals surface area contributed by atoms with Crippen LogP contribution in [0.25, 0.3) is 0 Å². The Labute approximate surface area is 104 Å². The van der Waals surface area contributed by atoms with Gasteiger partial charge in [-0.1, -0.05) is 23.7 Å². The molecule has 0 aromatic heterocycles. The van der Waals surface area contributed by atoms with Crippen molar-refractivity contribution in [1.82, 2.24) is 0 Å². The first-order valence-electron chi connectivity index (χ1n) is 4.94. The fourth-order valence-electron chi connectivity index (χ4n) is 0.996. The molecule has 0 aliphatic rings. The molecule has 4 nitrogen and oxygen atoms in total. The lowest BCUT2D eigenvalue weighted by molar-refractivity contribution is -0.138. The molecule has 1 rings (SSSR count). The highest BCUT2D eigenvalue weighted by Gasteiger charge is 2.05. The van der Waals surface area contributed by atoms with Crippen molar-refractivity contribution in [3.63, 3.8) is 0 Å².